The molecule has 250 valence electrons. The first-order chi connectivity index (χ1) is 22.9. The lowest BCUT2D eigenvalue weighted by Gasteiger charge is -2.40. The predicted octanol–water partition coefficient (Wildman–Crippen LogP) is 6.32. The lowest BCUT2D eigenvalue weighted by Crippen LogP contribution is -2.44. The number of thiazole rings is 1. The van der Waals surface area contributed by atoms with Crippen LogP contribution in [0, 0.1) is 12.3 Å². The van der Waals surface area contributed by atoms with Crippen molar-refractivity contribution in [3.05, 3.63) is 81.3 Å². The highest BCUT2D eigenvalue weighted by atomic mass is 32.1. The predicted molar refractivity (Wildman–Crippen MR) is 188 cm³/mol. The summed E-state index contributed by atoms with van der Waals surface area (Å²) in [5, 5.41) is 12.7. The van der Waals surface area contributed by atoms with Gasteiger partial charge in [-0.1, -0.05) is 48.9 Å². The van der Waals surface area contributed by atoms with Crippen molar-refractivity contribution < 1.29 is 9.53 Å². The first kappa shape index (κ1) is 31.6. The third kappa shape index (κ3) is 7.09. The summed E-state index contributed by atoms with van der Waals surface area (Å²) < 4.78 is 5.86. The minimum atomic E-state index is -0.350. The molecule has 0 unspecified atom stereocenters. The van der Waals surface area contributed by atoms with Gasteiger partial charge in [0.1, 0.15) is 10.8 Å². The molecule has 0 aliphatic heterocycles. The van der Waals surface area contributed by atoms with Crippen LogP contribution < -0.4 is 26.4 Å². The minimum Gasteiger partial charge on any atom is -0.422 e. The molecule has 0 amide bonds. The quantitative estimate of drug-likeness (QED) is 0.119. The molecule has 8 heteroatoms. The molecule has 5 fully saturated rings. The van der Waals surface area contributed by atoms with E-state index in [1.807, 2.05) is 19.1 Å². The topological polar surface area (TPSA) is 101 Å². The van der Waals surface area contributed by atoms with Crippen molar-refractivity contribution in [3.63, 3.8) is 0 Å². The number of esters is 1. The SMILES string of the molecule is Cc1sc(C2(CN[C@H]3C[C@@H]3c3ccccc3)CCC2)nc1C(=O)Oc1ccc([C@H]2C[C@@H]2NCC2(CNC3CCC(N)CC3)CC2)cc1. The van der Waals surface area contributed by atoms with E-state index in [9.17, 15) is 4.79 Å². The molecule has 1 heterocycles. The van der Waals surface area contributed by atoms with E-state index < -0.39 is 0 Å². The number of aryl methyl sites for hydroxylation is 1. The first-order valence-corrected chi connectivity index (χ1v) is 19.0. The summed E-state index contributed by atoms with van der Waals surface area (Å²) >= 11 is 1.67. The molecule has 5 saturated carbocycles. The molecule has 5 aliphatic carbocycles. The third-order valence-electron chi connectivity index (χ3n) is 12.0. The Hall–Kier alpha value is -2.62. The van der Waals surface area contributed by atoms with Crippen LogP contribution >= 0.6 is 11.3 Å². The first-order valence-electron chi connectivity index (χ1n) is 18.2. The van der Waals surface area contributed by atoms with E-state index in [0.29, 0.717) is 52.9 Å². The molecule has 2 aromatic carbocycles. The fourth-order valence-corrected chi connectivity index (χ4v) is 9.20. The monoisotopic (exact) mass is 653 g/mol. The highest BCUT2D eigenvalue weighted by Gasteiger charge is 2.47. The second-order valence-corrected chi connectivity index (χ2v) is 16.8. The van der Waals surface area contributed by atoms with Crippen LogP contribution in [0.25, 0.3) is 0 Å². The Kier molecular flexibility index (Phi) is 8.76. The number of benzene rings is 2. The molecular weight excluding hydrogens is 603 g/mol. The van der Waals surface area contributed by atoms with Gasteiger partial charge in [-0.25, -0.2) is 9.78 Å². The van der Waals surface area contributed by atoms with Gasteiger partial charge >= 0.3 is 5.97 Å². The van der Waals surface area contributed by atoms with Crippen LogP contribution in [-0.4, -0.2) is 54.8 Å². The minimum absolute atomic E-state index is 0.0357. The Morgan fingerprint density at radius 3 is 2.13 bits per heavy atom. The molecule has 0 saturated heterocycles. The summed E-state index contributed by atoms with van der Waals surface area (Å²) in [6.45, 7) is 5.16. The lowest BCUT2D eigenvalue weighted by atomic mass is 9.69. The second kappa shape index (κ2) is 13.0. The Labute approximate surface area is 283 Å². The van der Waals surface area contributed by atoms with Gasteiger partial charge in [0.25, 0.3) is 0 Å². The molecule has 5 aliphatic rings. The van der Waals surface area contributed by atoms with Gasteiger partial charge in [0.15, 0.2) is 5.69 Å². The smallest absolute Gasteiger partial charge is 0.363 e. The van der Waals surface area contributed by atoms with E-state index in [4.69, 9.17) is 15.5 Å². The van der Waals surface area contributed by atoms with Gasteiger partial charge in [0.2, 0.25) is 0 Å². The molecule has 0 radical (unpaired) electrons. The zero-order valence-corrected chi connectivity index (χ0v) is 28.6. The Morgan fingerprint density at radius 1 is 0.851 bits per heavy atom. The largest absolute Gasteiger partial charge is 0.422 e. The maximum atomic E-state index is 13.3. The molecule has 0 spiro atoms. The van der Waals surface area contributed by atoms with Crippen molar-refractivity contribution in [1.82, 2.24) is 20.9 Å². The summed E-state index contributed by atoms with van der Waals surface area (Å²) in [6.07, 6.45) is 13.2. The zero-order chi connectivity index (χ0) is 32.0. The van der Waals surface area contributed by atoms with Crippen LogP contribution in [0.1, 0.15) is 114 Å². The number of aromatic nitrogens is 1. The van der Waals surface area contributed by atoms with E-state index in [1.165, 1.54) is 56.1 Å². The molecule has 1 aromatic heterocycles. The molecule has 8 rings (SSSR count). The normalized spacial score (nSPS) is 29.9. The molecule has 5 N–H and O–H groups in total. The number of rotatable bonds is 14. The number of nitrogens with two attached hydrogens (primary N) is 1. The highest BCUT2D eigenvalue weighted by Crippen LogP contribution is 2.49. The van der Waals surface area contributed by atoms with Crippen LogP contribution in [0.3, 0.4) is 0 Å². The van der Waals surface area contributed by atoms with Crippen molar-refractivity contribution >= 4 is 17.3 Å². The van der Waals surface area contributed by atoms with Crippen molar-refractivity contribution in [1.29, 1.82) is 0 Å². The number of nitrogens with zero attached hydrogens (tertiary/aromatic N) is 1. The van der Waals surface area contributed by atoms with E-state index in [2.05, 4.69) is 58.4 Å². The third-order valence-corrected chi connectivity index (χ3v) is 13.2. The average Bonchev–Trinajstić information content (AvgIpc) is 3.99. The van der Waals surface area contributed by atoms with E-state index in [0.717, 1.165) is 55.2 Å². The summed E-state index contributed by atoms with van der Waals surface area (Å²) in [5.74, 6) is 1.39. The number of hydrogen-bond donors (Lipinski definition) is 4. The number of carbonyl (C=O) groups excluding carboxylic acids is 1. The zero-order valence-electron chi connectivity index (χ0n) is 27.8. The Bertz CT molecular complexity index is 1540. The standard InChI is InChI=1S/C39H51N5O2S/c1-25-35(44-37(47-25)39(16-5-17-39)24-43-34-20-31(34)26-6-3-2-4-7-26)36(45)46-30-14-8-27(9-15-30)32-21-33(32)42-23-38(18-19-38)22-41-29-12-10-28(40)11-13-29/h2-4,6-9,14-15,28-29,31-34,41-43H,5,10-13,16-24,40H2,1H3/t28?,29?,31-,32-,33+,34+/m1/s1. The van der Waals surface area contributed by atoms with E-state index >= 15 is 0 Å². The summed E-state index contributed by atoms with van der Waals surface area (Å²) in [4.78, 5) is 19.1. The molecule has 4 atom stereocenters. The van der Waals surface area contributed by atoms with Crippen LogP contribution in [-0.2, 0) is 5.41 Å². The summed E-state index contributed by atoms with van der Waals surface area (Å²) in [6, 6.07) is 21.1. The van der Waals surface area contributed by atoms with Gasteiger partial charge in [-0.05, 0) is 99.8 Å². The van der Waals surface area contributed by atoms with Gasteiger partial charge in [0, 0.05) is 65.9 Å². The van der Waals surface area contributed by atoms with Gasteiger partial charge in [-0.15, -0.1) is 11.3 Å². The summed E-state index contributed by atoms with van der Waals surface area (Å²) in [7, 11) is 0. The van der Waals surface area contributed by atoms with Gasteiger partial charge < -0.3 is 26.4 Å². The lowest BCUT2D eigenvalue weighted by molar-refractivity contribution is 0.0728. The van der Waals surface area contributed by atoms with Crippen LogP contribution in [0.4, 0.5) is 0 Å². The van der Waals surface area contributed by atoms with Gasteiger partial charge in [-0.3, -0.25) is 0 Å². The maximum absolute atomic E-state index is 13.3. The van der Waals surface area contributed by atoms with Crippen molar-refractivity contribution in [2.75, 3.05) is 19.6 Å². The Morgan fingerprint density at radius 2 is 1.49 bits per heavy atom. The van der Waals surface area contributed by atoms with Crippen LogP contribution in [0.15, 0.2) is 54.6 Å². The second-order valence-electron chi connectivity index (χ2n) is 15.6. The van der Waals surface area contributed by atoms with E-state index in [1.54, 1.807) is 11.3 Å². The average molecular weight is 654 g/mol. The fourth-order valence-electron chi connectivity index (χ4n) is 8.05. The van der Waals surface area contributed by atoms with Crippen LogP contribution in [0.5, 0.6) is 5.75 Å². The number of carbonyl (C=O) groups is 1. The van der Waals surface area contributed by atoms with Crippen molar-refractivity contribution in [2.24, 2.45) is 11.1 Å². The highest BCUT2D eigenvalue weighted by molar-refractivity contribution is 7.12. The van der Waals surface area contributed by atoms with Gasteiger partial charge in [0.05, 0.1) is 0 Å². The van der Waals surface area contributed by atoms with Gasteiger partial charge in [-0.2, -0.15) is 0 Å². The van der Waals surface area contributed by atoms with Crippen LogP contribution in [0.2, 0.25) is 0 Å². The Balaban J connectivity index is 0.805. The fraction of sp³-hybridized carbons (Fsp3) is 0.590. The number of ether oxygens (including phenoxy) is 1. The number of nitrogens with one attached hydrogen (secondary N) is 3. The molecule has 3 aromatic rings. The maximum Gasteiger partial charge on any atom is 0.363 e. The molecule has 7 nitrogen and oxygen atoms in total. The number of hydrogen-bond acceptors (Lipinski definition) is 8. The summed E-state index contributed by atoms with van der Waals surface area (Å²) in [5.41, 5.74) is 9.78. The van der Waals surface area contributed by atoms with E-state index in [-0.39, 0.29) is 11.4 Å². The van der Waals surface area contributed by atoms with Crippen molar-refractivity contribution in [2.45, 2.75) is 119 Å². The molecule has 47 heavy (non-hydrogen) atoms. The molecule has 0 bridgehead atoms. The molecular formula is C39H51N5O2S. The van der Waals surface area contributed by atoms with Crippen molar-refractivity contribution in [3.8, 4) is 5.75 Å².